The van der Waals surface area contributed by atoms with Gasteiger partial charge < -0.3 is 15.5 Å². The molecule has 2 aromatic rings. The Labute approximate surface area is 119 Å². The molecule has 0 atom stereocenters. The first-order valence-electron chi connectivity index (χ1n) is 5.97. The molecule has 108 valence electrons. The minimum Gasteiger partial charge on any atom is -0.508 e. The first-order valence-corrected chi connectivity index (χ1v) is 5.97. The second kappa shape index (κ2) is 5.49. The minimum absolute atomic E-state index is 0.0417. The highest BCUT2D eigenvalue weighted by molar-refractivity contribution is 6.06. The van der Waals surface area contributed by atoms with E-state index in [0.29, 0.717) is 5.56 Å². The van der Waals surface area contributed by atoms with Gasteiger partial charge in [0.1, 0.15) is 11.5 Å². The van der Waals surface area contributed by atoms with Gasteiger partial charge in [-0.15, -0.1) is 0 Å². The molecular weight excluding hydrogens is 276 g/mol. The van der Waals surface area contributed by atoms with Crippen molar-refractivity contribution in [2.24, 2.45) is 0 Å². The molecule has 0 fully saturated rings. The molecule has 0 aliphatic rings. The molecular formula is C14H12N2O5. The predicted octanol–water partition coefficient (Wildman–Crippen LogP) is 2.57. The fourth-order valence-electron chi connectivity index (χ4n) is 1.79. The fraction of sp³-hybridized carbons (Fsp3) is 0.0714. The van der Waals surface area contributed by atoms with Gasteiger partial charge in [0, 0.05) is 11.6 Å². The smallest absolute Gasteiger partial charge is 0.296 e. The first kappa shape index (κ1) is 14.3. The van der Waals surface area contributed by atoms with Crippen molar-refractivity contribution in [3.05, 3.63) is 57.6 Å². The van der Waals surface area contributed by atoms with Gasteiger partial charge in [-0.2, -0.15) is 0 Å². The van der Waals surface area contributed by atoms with E-state index in [1.54, 1.807) is 6.92 Å². The van der Waals surface area contributed by atoms with Crippen LogP contribution in [0.15, 0.2) is 36.4 Å². The number of para-hydroxylation sites is 1. The molecule has 7 nitrogen and oxygen atoms in total. The summed E-state index contributed by atoms with van der Waals surface area (Å²) in [6, 6.07) is 7.90. The van der Waals surface area contributed by atoms with E-state index in [1.165, 1.54) is 36.4 Å². The summed E-state index contributed by atoms with van der Waals surface area (Å²) in [6.45, 7) is 1.62. The number of phenolic OH excluding ortho intramolecular Hbond substituents is 2. The molecule has 0 unspecified atom stereocenters. The van der Waals surface area contributed by atoms with Gasteiger partial charge in [-0.05, 0) is 36.8 Å². The van der Waals surface area contributed by atoms with Gasteiger partial charge in [-0.1, -0.05) is 6.07 Å². The molecule has 3 N–H and O–H groups in total. The van der Waals surface area contributed by atoms with E-state index in [9.17, 15) is 25.1 Å². The number of aryl methyl sites for hydroxylation is 1. The SMILES string of the molecule is Cc1cc(C(=O)Nc2c(O)cccc2[N+](=O)[O-])ccc1O. The molecule has 2 rings (SSSR count). The third-order valence-corrected chi connectivity index (χ3v) is 2.91. The van der Waals surface area contributed by atoms with E-state index in [4.69, 9.17) is 0 Å². The van der Waals surface area contributed by atoms with Crippen LogP contribution >= 0.6 is 0 Å². The molecule has 0 aromatic heterocycles. The number of phenols is 2. The number of rotatable bonds is 3. The van der Waals surface area contributed by atoms with E-state index >= 15 is 0 Å². The Kier molecular flexibility index (Phi) is 3.75. The number of amides is 1. The molecule has 21 heavy (non-hydrogen) atoms. The zero-order valence-corrected chi connectivity index (χ0v) is 11.0. The summed E-state index contributed by atoms with van der Waals surface area (Å²) >= 11 is 0. The standard InChI is InChI=1S/C14H12N2O5/c1-8-7-9(5-6-11(8)17)14(19)15-13-10(16(20)21)3-2-4-12(13)18/h2-7,17-18H,1H3,(H,15,19). The van der Waals surface area contributed by atoms with Crippen LogP contribution in [-0.2, 0) is 0 Å². The van der Waals surface area contributed by atoms with Crippen LogP contribution in [0.25, 0.3) is 0 Å². The van der Waals surface area contributed by atoms with Crippen LogP contribution in [0, 0.1) is 17.0 Å². The number of hydrogen-bond acceptors (Lipinski definition) is 5. The van der Waals surface area contributed by atoms with Crippen molar-refractivity contribution in [2.45, 2.75) is 6.92 Å². The highest BCUT2D eigenvalue weighted by Crippen LogP contribution is 2.33. The van der Waals surface area contributed by atoms with Gasteiger partial charge in [0.15, 0.2) is 5.69 Å². The van der Waals surface area contributed by atoms with Crippen molar-refractivity contribution < 1.29 is 19.9 Å². The topological polar surface area (TPSA) is 113 Å². The Hall–Kier alpha value is -3.09. The largest absolute Gasteiger partial charge is 0.508 e. The zero-order chi connectivity index (χ0) is 15.6. The molecule has 0 saturated carbocycles. The van der Waals surface area contributed by atoms with Crippen LogP contribution in [0.4, 0.5) is 11.4 Å². The van der Waals surface area contributed by atoms with Gasteiger partial charge in [0.2, 0.25) is 0 Å². The summed E-state index contributed by atoms with van der Waals surface area (Å²) in [7, 11) is 0. The number of carbonyl (C=O) groups excluding carboxylic acids is 1. The number of nitro benzene ring substituents is 1. The normalized spacial score (nSPS) is 10.1. The lowest BCUT2D eigenvalue weighted by Crippen LogP contribution is -2.13. The Bertz CT molecular complexity index is 727. The van der Waals surface area contributed by atoms with Crippen molar-refractivity contribution in [1.82, 2.24) is 0 Å². The third-order valence-electron chi connectivity index (χ3n) is 2.91. The maximum absolute atomic E-state index is 12.1. The lowest BCUT2D eigenvalue weighted by atomic mass is 10.1. The number of anilines is 1. The molecule has 1 amide bonds. The number of aromatic hydroxyl groups is 2. The maximum Gasteiger partial charge on any atom is 0.296 e. The van der Waals surface area contributed by atoms with E-state index in [0.717, 1.165) is 0 Å². The molecule has 2 aromatic carbocycles. The van der Waals surface area contributed by atoms with Crippen LogP contribution in [-0.4, -0.2) is 21.0 Å². The number of nitro groups is 1. The van der Waals surface area contributed by atoms with Crippen molar-refractivity contribution in [3.63, 3.8) is 0 Å². The highest BCUT2D eigenvalue weighted by Gasteiger charge is 2.20. The molecule has 0 spiro atoms. The van der Waals surface area contributed by atoms with Gasteiger partial charge in [0.25, 0.3) is 11.6 Å². The number of carbonyl (C=O) groups is 1. The van der Waals surface area contributed by atoms with Crippen molar-refractivity contribution in [2.75, 3.05) is 5.32 Å². The van der Waals surface area contributed by atoms with Gasteiger partial charge >= 0.3 is 0 Å². The summed E-state index contributed by atoms with van der Waals surface area (Å²) in [4.78, 5) is 22.3. The highest BCUT2D eigenvalue weighted by atomic mass is 16.6. The van der Waals surface area contributed by atoms with Gasteiger partial charge in [-0.3, -0.25) is 14.9 Å². The second-order valence-corrected chi connectivity index (χ2v) is 4.38. The number of nitrogens with zero attached hydrogens (tertiary/aromatic N) is 1. The summed E-state index contributed by atoms with van der Waals surface area (Å²) in [5, 5.41) is 32.3. The summed E-state index contributed by atoms with van der Waals surface area (Å²) in [5.74, 6) is -0.976. The molecule has 7 heteroatoms. The predicted molar refractivity (Wildman–Crippen MR) is 75.6 cm³/mol. The average Bonchev–Trinajstić information content (AvgIpc) is 2.43. The Balaban J connectivity index is 2.36. The molecule has 0 radical (unpaired) electrons. The number of hydrogen-bond donors (Lipinski definition) is 3. The lowest BCUT2D eigenvalue weighted by Gasteiger charge is -2.08. The van der Waals surface area contributed by atoms with Crippen molar-refractivity contribution in [3.8, 4) is 11.5 Å². The van der Waals surface area contributed by atoms with Crippen molar-refractivity contribution in [1.29, 1.82) is 0 Å². The van der Waals surface area contributed by atoms with E-state index in [2.05, 4.69) is 5.32 Å². The number of benzene rings is 2. The van der Waals surface area contributed by atoms with Crippen molar-refractivity contribution >= 4 is 17.3 Å². The lowest BCUT2D eigenvalue weighted by molar-refractivity contribution is -0.384. The first-order chi connectivity index (χ1) is 9.90. The van der Waals surface area contributed by atoms with Crippen LogP contribution in [0.5, 0.6) is 11.5 Å². The quantitative estimate of drug-likeness (QED) is 0.456. The van der Waals surface area contributed by atoms with Crippen LogP contribution in [0.2, 0.25) is 0 Å². The van der Waals surface area contributed by atoms with Crippen LogP contribution < -0.4 is 5.32 Å². The summed E-state index contributed by atoms with van der Waals surface area (Å²) < 4.78 is 0. The average molecular weight is 288 g/mol. The van der Waals surface area contributed by atoms with Crippen LogP contribution in [0.1, 0.15) is 15.9 Å². The Morgan fingerprint density at radius 2 is 1.90 bits per heavy atom. The molecule has 0 heterocycles. The molecule has 0 bridgehead atoms. The number of nitrogens with one attached hydrogen (secondary N) is 1. The van der Waals surface area contributed by atoms with Gasteiger partial charge in [-0.25, -0.2) is 0 Å². The summed E-state index contributed by atoms with van der Waals surface area (Å²) in [5.41, 5.74) is 0.0364. The molecule has 0 aliphatic carbocycles. The van der Waals surface area contributed by atoms with E-state index < -0.39 is 22.3 Å². The minimum atomic E-state index is -0.697. The third kappa shape index (κ3) is 2.92. The Morgan fingerprint density at radius 3 is 2.52 bits per heavy atom. The molecule has 0 saturated heterocycles. The molecule has 0 aliphatic heterocycles. The van der Waals surface area contributed by atoms with Crippen LogP contribution in [0.3, 0.4) is 0 Å². The van der Waals surface area contributed by atoms with Gasteiger partial charge in [0.05, 0.1) is 4.92 Å². The maximum atomic E-state index is 12.1. The van der Waals surface area contributed by atoms with E-state index in [-0.39, 0.29) is 17.0 Å². The zero-order valence-electron chi connectivity index (χ0n) is 11.0. The monoisotopic (exact) mass is 288 g/mol. The fourth-order valence-corrected chi connectivity index (χ4v) is 1.79. The summed E-state index contributed by atoms with van der Waals surface area (Å²) in [6.07, 6.45) is 0. The Morgan fingerprint density at radius 1 is 1.19 bits per heavy atom. The second-order valence-electron chi connectivity index (χ2n) is 4.38. The van der Waals surface area contributed by atoms with E-state index in [1.807, 2.05) is 0 Å².